The first-order chi connectivity index (χ1) is 12.0. The fraction of sp³-hybridized carbons (Fsp3) is 0.150. The number of nitrogens with zero attached hydrogens (tertiary/aromatic N) is 3. The first-order valence-corrected chi connectivity index (χ1v) is 7.98. The highest BCUT2D eigenvalue weighted by Crippen LogP contribution is 2.16. The second-order valence-electron chi connectivity index (χ2n) is 5.95. The monoisotopic (exact) mass is 333 g/mol. The third kappa shape index (κ3) is 3.35. The highest BCUT2D eigenvalue weighted by molar-refractivity contribution is 6.04. The molecule has 126 valence electrons. The van der Waals surface area contributed by atoms with Gasteiger partial charge in [-0.1, -0.05) is 30.3 Å². The number of anilines is 1. The molecule has 0 aliphatic carbocycles. The molecular formula is C20H19N3O2. The molecule has 0 radical (unpaired) electrons. The zero-order chi connectivity index (χ0) is 18.0. The quantitative estimate of drug-likeness (QED) is 0.740. The first kappa shape index (κ1) is 16.6. The Kier molecular flexibility index (Phi) is 4.48. The molecular weight excluding hydrogens is 314 g/mol. The molecule has 1 heterocycles. The smallest absolute Gasteiger partial charge is 0.282 e. The van der Waals surface area contributed by atoms with Crippen LogP contribution in [0, 0.1) is 13.8 Å². The largest absolute Gasteiger partial charge is 0.310 e. The zero-order valence-corrected chi connectivity index (χ0v) is 14.4. The van der Waals surface area contributed by atoms with E-state index < -0.39 is 5.91 Å². The number of aryl methyl sites for hydroxylation is 2. The highest BCUT2D eigenvalue weighted by atomic mass is 16.2. The summed E-state index contributed by atoms with van der Waals surface area (Å²) in [6.07, 6.45) is 0. The second-order valence-corrected chi connectivity index (χ2v) is 5.95. The van der Waals surface area contributed by atoms with E-state index in [4.69, 9.17) is 0 Å². The molecule has 0 spiro atoms. The van der Waals surface area contributed by atoms with E-state index in [1.807, 2.05) is 61.5 Å². The van der Waals surface area contributed by atoms with E-state index in [0.717, 1.165) is 16.9 Å². The Bertz CT molecular complexity index is 978. The van der Waals surface area contributed by atoms with E-state index in [-0.39, 0.29) is 11.1 Å². The van der Waals surface area contributed by atoms with Crippen molar-refractivity contribution in [3.63, 3.8) is 0 Å². The second kappa shape index (κ2) is 6.73. The summed E-state index contributed by atoms with van der Waals surface area (Å²) in [5, 5.41) is 4.32. The van der Waals surface area contributed by atoms with E-state index in [0.29, 0.717) is 5.69 Å². The summed E-state index contributed by atoms with van der Waals surface area (Å²) in [6, 6.07) is 18.4. The van der Waals surface area contributed by atoms with Crippen LogP contribution >= 0.6 is 0 Å². The van der Waals surface area contributed by atoms with E-state index >= 15 is 0 Å². The molecule has 0 aliphatic heterocycles. The van der Waals surface area contributed by atoms with E-state index in [1.54, 1.807) is 18.7 Å². The minimum atomic E-state index is -0.430. The molecule has 0 aliphatic rings. The lowest BCUT2D eigenvalue weighted by molar-refractivity contribution is 0.0985. The van der Waals surface area contributed by atoms with Gasteiger partial charge >= 0.3 is 0 Å². The fourth-order valence-electron chi connectivity index (χ4n) is 2.64. The number of hydrogen-bond acceptors (Lipinski definition) is 3. The average Bonchev–Trinajstić information content (AvgIpc) is 2.61. The van der Waals surface area contributed by atoms with Crippen molar-refractivity contribution >= 4 is 11.6 Å². The molecule has 3 aromatic rings. The normalized spacial score (nSPS) is 10.5. The molecule has 2 aromatic carbocycles. The molecule has 0 atom stereocenters. The maximum Gasteiger partial charge on any atom is 0.282 e. The number of para-hydroxylation sites is 1. The van der Waals surface area contributed by atoms with Crippen molar-refractivity contribution in [2.24, 2.45) is 0 Å². The minimum Gasteiger partial charge on any atom is -0.310 e. The summed E-state index contributed by atoms with van der Waals surface area (Å²) in [5.74, 6) is -0.430. The van der Waals surface area contributed by atoms with Crippen LogP contribution in [0.1, 0.15) is 21.7 Å². The molecule has 0 saturated heterocycles. The SMILES string of the molecule is Cc1cccc(N(C)C(=O)c2nn(-c3ccccc3)c(C)cc2=O)c1. The van der Waals surface area contributed by atoms with Crippen LogP contribution < -0.4 is 10.3 Å². The van der Waals surface area contributed by atoms with Crippen LogP contribution in [0.25, 0.3) is 5.69 Å². The molecule has 1 amide bonds. The maximum absolute atomic E-state index is 12.8. The summed E-state index contributed by atoms with van der Waals surface area (Å²) in [7, 11) is 1.64. The number of benzene rings is 2. The average molecular weight is 333 g/mol. The number of rotatable bonds is 3. The van der Waals surface area contributed by atoms with Gasteiger partial charge in [-0.05, 0) is 43.7 Å². The molecule has 5 heteroatoms. The third-order valence-electron chi connectivity index (χ3n) is 4.00. The topological polar surface area (TPSA) is 55.2 Å². The van der Waals surface area contributed by atoms with Crippen molar-refractivity contribution in [1.29, 1.82) is 0 Å². The molecule has 0 N–H and O–H groups in total. The Morgan fingerprint density at radius 3 is 2.40 bits per heavy atom. The number of carbonyl (C=O) groups is 1. The van der Waals surface area contributed by atoms with Crippen molar-refractivity contribution in [3.8, 4) is 5.69 Å². The molecule has 0 unspecified atom stereocenters. The van der Waals surface area contributed by atoms with Crippen molar-refractivity contribution in [2.75, 3.05) is 11.9 Å². The standard InChI is InChI=1S/C20H19N3O2/c1-14-8-7-11-17(12-14)22(3)20(25)19-18(24)13-15(2)23(21-19)16-9-5-4-6-10-16/h4-13H,1-3H3. The fourth-order valence-corrected chi connectivity index (χ4v) is 2.64. The molecule has 3 rings (SSSR count). The molecule has 1 aromatic heterocycles. The Hall–Kier alpha value is -3.21. The maximum atomic E-state index is 12.8. The summed E-state index contributed by atoms with van der Waals surface area (Å²) < 4.78 is 1.61. The summed E-state index contributed by atoms with van der Waals surface area (Å²) in [5.41, 5.74) is 2.75. The van der Waals surface area contributed by atoms with Gasteiger partial charge in [0.2, 0.25) is 5.43 Å². The van der Waals surface area contributed by atoms with Crippen LogP contribution in [-0.2, 0) is 0 Å². The number of aromatic nitrogens is 2. The summed E-state index contributed by atoms with van der Waals surface area (Å²) in [6.45, 7) is 3.74. The van der Waals surface area contributed by atoms with Gasteiger partial charge in [-0.25, -0.2) is 4.68 Å². The van der Waals surface area contributed by atoms with Crippen LogP contribution in [0.3, 0.4) is 0 Å². The van der Waals surface area contributed by atoms with Crippen molar-refractivity contribution in [3.05, 3.63) is 87.8 Å². The van der Waals surface area contributed by atoms with Crippen LogP contribution in [0.2, 0.25) is 0 Å². The van der Waals surface area contributed by atoms with Gasteiger partial charge in [0.15, 0.2) is 5.69 Å². The number of hydrogen-bond donors (Lipinski definition) is 0. The van der Waals surface area contributed by atoms with Gasteiger partial charge in [-0.3, -0.25) is 9.59 Å². The molecule has 0 fully saturated rings. The van der Waals surface area contributed by atoms with Crippen molar-refractivity contribution in [1.82, 2.24) is 9.78 Å². The number of carbonyl (C=O) groups excluding carboxylic acids is 1. The lowest BCUT2D eigenvalue weighted by Crippen LogP contribution is -2.33. The molecule has 5 nitrogen and oxygen atoms in total. The van der Waals surface area contributed by atoms with Gasteiger partial charge in [0.1, 0.15) is 0 Å². The predicted octanol–water partition coefficient (Wildman–Crippen LogP) is 3.13. The Labute approximate surface area is 146 Å². The van der Waals surface area contributed by atoms with Gasteiger partial charge in [0.05, 0.1) is 5.69 Å². The van der Waals surface area contributed by atoms with Gasteiger partial charge in [0.25, 0.3) is 5.91 Å². The van der Waals surface area contributed by atoms with E-state index in [2.05, 4.69) is 5.10 Å². The zero-order valence-electron chi connectivity index (χ0n) is 14.4. The Morgan fingerprint density at radius 2 is 1.72 bits per heavy atom. The van der Waals surface area contributed by atoms with Gasteiger partial charge in [-0.15, -0.1) is 0 Å². The Balaban J connectivity index is 2.05. The van der Waals surface area contributed by atoms with Gasteiger partial charge in [0, 0.05) is 24.5 Å². The number of amides is 1. The minimum absolute atomic E-state index is 0.0986. The summed E-state index contributed by atoms with van der Waals surface area (Å²) in [4.78, 5) is 26.6. The van der Waals surface area contributed by atoms with Crippen LogP contribution in [-0.4, -0.2) is 22.7 Å². The van der Waals surface area contributed by atoms with Crippen LogP contribution in [0.15, 0.2) is 65.5 Å². The molecule has 25 heavy (non-hydrogen) atoms. The summed E-state index contributed by atoms with van der Waals surface area (Å²) >= 11 is 0. The lowest BCUT2D eigenvalue weighted by atomic mass is 10.2. The third-order valence-corrected chi connectivity index (χ3v) is 4.00. The van der Waals surface area contributed by atoms with Gasteiger partial charge in [-0.2, -0.15) is 5.10 Å². The predicted molar refractivity (Wildman–Crippen MR) is 98.5 cm³/mol. The van der Waals surface area contributed by atoms with E-state index in [9.17, 15) is 9.59 Å². The van der Waals surface area contributed by atoms with E-state index in [1.165, 1.54) is 11.0 Å². The van der Waals surface area contributed by atoms with Crippen LogP contribution in [0.5, 0.6) is 0 Å². The molecule has 0 saturated carbocycles. The highest BCUT2D eigenvalue weighted by Gasteiger charge is 2.20. The van der Waals surface area contributed by atoms with Crippen molar-refractivity contribution in [2.45, 2.75) is 13.8 Å². The first-order valence-electron chi connectivity index (χ1n) is 7.98. The van der Waals surface area contributed by atoms with Crippen molar-refractivity contribution < 1.29 is 4.79 Å². The molecule has 0 bridgehead atoms. The van der Waals surface area contributed by atoms with Gasteiger partial charge < -0.3 is 4.90 Å². The lowest BCUT2D eigenvalue weighted by Gasteiger charge is -2.18. The Morgan fingerprint density at radius 1 is 1.00 bits per heavy atom. The van der Waals surface area contributed by atoms with Crippen LogP contribution in [0.4, 0.5) is 5.69 Å².